The van der Waals surface area contributed by atoms with Gasteiger partial charge in [-0.1, -0.05) is 53.5 Å². The minimum Gasteiger partial charge on any atom is -0.378 e. The predicted octanol–water partition coefficient (Wildman–Crippen LogP) is 4.55. The Balaban J connectivity index is 1.95. The molecular formula is C19H17Cl2NO2. The van der Waals surface area contributed by atoms with Gasteiger partial charge in [-0.25, -0.2) is 0 Å². The normalized spacial score (nSPS) is 15.4. The van der Waals surface area contributed by atoms with E-state index in [1.165, 1.54) is 0 Å². The van der Waals surface area contributed by atoms with Crippen LogP contribution < -0.4 is 0 Å². The third-order valence-corrected chi connectivity index (χ3v) is 4.63. The number of ether oxygens (including phenoxy) is 1. The standard InChI is InChI=1S/C19H17Cl2NO2/c20-16-7-6-15(12-17(16)21)19(23)13-18(14-4-2-1-3-5-14)22-8-10-24-11-9-22/h1-7,12-13H,8-11H2/b18-13-. The number of morpholine rings is 1. The van der Waals surface area contributed by atoms with E-state index in [4.69, 9.17) is 27.9 Å². The zero-order valence-electron chi connectivity index (χ0n) is 13.0. The summed E-state index contributed by atoms with van der Waals surface area (Å²) in [5, 5.41) is 0.817. The van der Waals surface area contributed by atoms with Gasteiger partial charge in [0.25, 0.3) is 0 Å². The van der Waals surface area contributed by atoms with E-state index >= 15 is 0 Å². The predicted molar refractivity (Wildman–Crippen MR) is 97.6 cm³/mol. The van der Waals surface area contributed by atoms with Gasteiger partial charge in [0, 0.05) is 30.4 Å². The number of hydrogen-bond acceptors (Lipinski definition) is 3. The summed E-state index contributed by atoms with van der Waals surface area (Å²) >= 11 is 12.0. The van der Waals surface area contributed by atoms with E-state index < -0.39 is 0 Å². The second-order valence-corrected chi connectivity index (χ2v) is 6.30. The van der Waals surface area contributed by atoms with Gasteiger partial charge in [-0.05, 0) is 23.8 Å². The van der Waals surface area contributed by atoms with E-state index in [9.17, 15) is 4.79 Å². The quantitative estimate of drug-likeness (QED) is 0.590. The fourth-order valence-corrected chi connectivity index (χ4v) is 2.93. The first-order valence-corrected chi connectivity index (χ1v) is 8.50. The second kappa shape index (κ2) is 7.84. The number of ketones is 1. The van der Waals surface area contributed by atoms with Gasteiger partial charge in [0.1, 0.15) is 0 Å². The van der Waals surface area contributed by atoms with Gasteiger partial charge in [-0.3, -0.25) is 4.79 Å². The Labute approximate surface area is 151 Å². The molecule has 1 heterocycles. The van der Waals surface area contributed by atoms with Crippen molar-refractivity contribution >= 4 is 34.7 Å². The highest BCUT2D eigenvalue weighted by Gasteiger charge is 2.17. The van der Waals surface area contributed by atoms with Crippen LogP contribution in [0.2, 0.25) is 10.0 Å². The van der Waals surface area contributed by atoms with E-state index in [2.05, 4.69) is 4.90 Å². The average molecular weight is 362 g/mol. The third-order valence-electron chi connectivity index (χ3n) is 3.89. The highest BCUT2D eigenvalue weighted by atomic mass is 35.5. The zero-order chi connectivity index (χ0) is 16.9. The first kappa shape index (κ1) is 17.0. The van der Waals surface area contributed by atoms with Crippen molar-refractivity contribution in [3.05, 3.63) is 75.8 Å². The average Bonchev–Trinajstić information content (AvgIpc) is 2.63. The van der Waals surface area contributed by atoms with Crippen LogP contribution in [0.4, 0.5) is 0 Å². The fraction of sp³-hybridized carbons (Fsp3) is 0.211. The SMILES string of the molecule is O=C(/C=C(/c1ccccc1)N1CCOCC1)c1ccc(Cl)c(Cl)c1. The largest absolute Gasteiger partial charge is 0.378 e. The molecule has 0 bridgehead atoms. The van der Waals surface area contributed by atoms with Crippen LogP contribution in [0.5, 0.6) is 0 Å². The van der Waals surface area contributed by atoms with Crippen molar-refractivity contribution in [2.24, 2.45) is 0 Å². The molecule has 2 aromatic rings. The number of carbonyl (C=O) groups is 1. The molecule has 1 aliphatic rings. The van der Waals surface area contributed by atoms with Gasteiger partial charge >= 0.3 is 0 Å². The number of carbonyl (C=O) groups excluding carboxylic acids is 1. The van der Waals surface area contributed by atoms with Crippen LogP contribution in [-0.2, 0) is 4.74 Å². The number of halogens is 2. The molecule has 24 heavy (non-hydrogen) atoms. The van der Waals surface area contributed by atoms with Crippen LogP contribution in [0.3, 0.4) is 0 Å². The molecule has 0 amide bonds. The van der Waals surface area contributed by atoms with Crippen molar-refractivity contribution in [3.63, 3.8) is 0 Å². The van der Waals surface area contributed by atoms with Crippen molar-refractivity contribution < 1.29 is 9.53 Å². The van der Waals surface area contributed by atoms with E-state index in [0.717, 1.165) is 24.4 Å². The summed E-state index contributed by atoms with van der Waals surface area (Å²) in [5.74, 6) is -0.0982. The molecule has 0 aromatic heterocycles. The summed E-state index contributed by atoms with van der Waals surface area (Å²) in [7, 11) is 0. The Bertz CT molecular complexity index is 753. The van der Waals surface area contributed by atoms with Gasteiger partial charge in [0.2, 0.25) is 0 Å². The molecule has 1 fully saturated rings. The van der Waals surface area contributed by atoms with Crippen molar-refractivity contribution in [3.8, 4) is 0 Å². The van der Waals surface area contributed by atoms with Crippen LogP contribution in [0.1, 0.15) is 15.9 Å². The highest BCUT2D eigenvalue weighted by Crippen LogP contribution is 2.25. The summed E-state index contributed by atoms with van der Waals surface area (Å²) in [5.41, 5.74) is 2.42. The maximum absolute atomic E-state index is 12.7. The second-order valence-electron chi connectivity index (χ2n) is 5.49. The van der Waals surface area contributed by atoms with Crippen molar-refractivity contribution in [2.45, 2.75) is 0 Å². The third kappa shape index (κ3) is 3.99. The van der Waals surface area contributed by atoms with Gasteiger partial charge in [-0.2, -0.15) is 0 Å². The summed E-state index contributed by atoms with van der Waals surface area (Å²) in [6, 6.07) is 14.8. The molecular weight excluding hydrogens is 345 g/mol. The number of nitrogens with zero attached hydrogens (tertiary/aromatic N) is 1. The van der Waals surface area contributed by atoms with Crippen molar-refractivity contribution in [1.82, 2.24) is 4.90 Å². The molecule has 0 spiro atoms. The molecule has 3 rings (SSSR count). The van der Waals surface area contributed by atoms with E-state index in [1.807, 2.05) is 30.3 Å². The van der Waals surface area contributed by atoms with Crippen LogP contribution in [0.25, 0.3) is 5.70 Å². The van der Waals surface area contributed by atoms with Gasteiger partial charge in [-0.15, -0.1) is 0 Å². The Kier molecular flexibility index (Phi) is 5.56. The van der Waals surface area contributed by atoms with Crippen molar-refractivity contribution in [2.75, 3.05) is 26.3 Å². The molecule has 2 aromatic carbocycles. The molecule has 1 saturated heterocycles. The minimum absolute atomic E-state index is 0.0982. The molecule has 0 atom stereocenters. The Morgan fingerprint density at radius 3 is 2.33 bits per heavy atom. The van der Waals surface area contributed by atoms with Crippen LogP contribution >= 0.6 is 23.2 Å². The topological polar surface area (TPSA) is 29.5 Å². The molecule has 0 saturated carbocycles. The minimum atomic E-state index is -0.0982. The smallest absolute Gasteiger partial charge is 0.187 e. The maximum atomic E-state index is 12.7. The van der Waals surface area contributed by atoms with Crippen molar-refractivity contribution in [1.29, 1.82) is 0 Å². The summed E-state index contributed by atoms with van der Waals surface area (Å²) in [6.45, 7) is 2.83. The van der Waals surface area contributed by atoms with Gasteiger partial charge in [0.05, 0.1) is 23.3 Å². The monoisotopic (exact) mass is 361 g/mol. The lowest BCUT2D eigenvalue weighted by Gasteiger charge is -2.31. The summed E-state index contributed by atoms with van der Waals surface area (Å²) < 4.78 is 5.42. The Hall–Kier alpha value is -1.81. The summed E-state index contributed by atoms with van der Waals surface area (Å²) in [4.78, 5) is 14.9. The first-order chi connectivity index (χ1) is 11.6. The fourth-order valence-electron chi connectivity index (χ4n) is 2.63. The molecule has 0 N–H and O–H groups in total. The van der Waals surface area contributed by atoms with E-state index in [0.29, 0.717) is 28.8 Å². The van der Waals surface area contributed by atoms with Gasteiger partial charge in [0.15, 0.2) is 5.78 Å². The van der Waals surface area contributed by atoms with E-state index in [1.54, 1.807) is 24.3 Å². The lowest BCUT2D eigenvalue weighted by Crippen LogP contribution is -2.35. The van der Waals surface area contributed by atoms with Crippen LogP contribution in [0.15, 0.2) is 54.6 Å². The number of allylic oxidation sites excluding steroid dienone is 1. The highest BCUT2D eigenvalue weighted by molar-refractivity contribution is 6.42. The van der Waals surface area contributed by atoms with Crippen LogP contribution in [0, 0.1) is 0 Å². The molecule has 124 valence electrons. The zero-order valence-corrected chi connectivity index (χ0v) is 14.6. The van der Waals surface area contributed by atoms with Crippen LogP contribution in [-0.4, -0.2) is 37.0 Å². The molecule has 0 unspecified atom stereocenters. The lowest BCUT2D eigenvalue weighted by atomic mass is 10.1. The molecule has 0 radical (unpaired) electrons. The summed E-state index contributed by atoms with van der Waals surface area (Å²) in [6.07, 6.45) is 1.67. The van der Waals surface area contributed by atoms with Gasteiger partial charge < -0.3 is 9.64 Å². The number of hydrogen-bond donors (Lipinski definition) is 0. The molecule has 3 nitrogen and oxygen atoms in total. The lowest BCUT2D eigenvalue weighted by molar-refractivity contribution is 0.0637. The van der Waals surface area contributed by atoms with E-state index in [-0.39, 0.29) is 5.78 Å². The molecule has 1 aliphatic heterocycles. The molecule has 5 heteroatoms. The Morgan fingerprint density at radius 1 is 0.958 bits per heavy atom. The first-order valence-electron chi connectivity index (χ1n) is 7.74. The number of benzene rings is 2. The molecule has 0 aliphatic carbocycles. The maximum Gasteiger partial charge on any atom is 0.187 e. The Morgan fingerprint density at radius 2 is 1.67 bits per heavy atom. The number of rotatable bonds is 4.